The third-order valence-corrected chi connectivity index (χ3v) is 5.36. The molecular formula is C17H17NOS2. The molecule has 1 heterocycles. The molecule has 0 fully saturated rings. The summed E-state index contributed by atoms with van der Waals surface area (Å²) in [6, 6.07) is 16.5. The third-order valence-electron chi connectivity index (χ3n) is 3.15. The smallest absolute Gasteiger partial charge is 0.131 e. The van der Waals surface area contributed by atoms with Gasteiger partial charge in [-0.25, -0.2) is 4.99 Å². The van der Waals surface area contributed by atoms with Crippen molar-refractivity contribution in [1.29, 1.82) is 0 Å². The van der Waals surface area contributed by atoms with Gasteiger partial charge in [0, 0.05) is 11.5 Å². The molecule has 0 aromatic heterocycles. The maximum Gasteiger partial charge on any atom is 0.131 e. The van der Waals surface area contributed by atoms with Gasteiger partial charge < -0.3 is 4.74 Å². The Bertz CT molecular complexity index is 637. The third kappa shape index (κ3) is 4.05. The Morgan fingerprint density at radius 2 is 1.95 bits per heavy atom. The van der Waals surface area contributed by atoms with Gasteiger partial charge in [-0.3, -0.25) is 0 Å². The quantitative estimate of drug-likeness (QED) is 0.738. The highest BCUT2D eigenvalue weighted by atomic mass is 32.2. The summed E-state index contributed by atoms with van der Waals surface area (Å²) < 4.78 is 6.88. The lowest BCUT2D eigenvalue weighted by atomic mass is 10.2. The first-order chi connectivity index (χ1) is 10.3. The van der Waals surface area contributed by atoms with Gasteiger partial charge in [0.1, 0.15) is 10.1 Å². The minimum absolute atomic E-state index is 0.703. The molecule has 0 atom stereocenters. The van der Waals surface area contributed by atoms with Crippen LogP contribution in [0.25, 0.3) is 0 Å². The lowest BCUT2D eigenvalue weighted by Crippen LogP contribution is -2.03. The van der Waals surface area contributed by atoms with Gasteiger partial charge in [0.05, 0.1) is 12.3 Å². The maximum atomic E-state index is 5.74. The average Bonchev–Trinajstić information content (AvgIpc) is 2.53. The van der Waals surface area contributed by atoms with Crippen LogP contribution in [0.1, 0.15) is 11.1 Å². The van der Waals surface area contributed by atoms with Crippen molar-refractivity contribution in [2.45, 2.75) is 12.7 Å². The minimum atomic E-state index is 0.703. The van der Waals surface area contributed by atoms with Crippen LogP contribution >= 0.6 is 23.5 Å². The summed E-state index contributed by atoms with van der Waals surface area (Å²) in [5.74, 6) is 2.87. The summed E-state index contributed by atoms with van der Waals surface area (Å²) in [6.45, 7) is 2.78. The fraction of sp³-hybridized carbons (Fsp3) is 0.235. The average molecular weight is 315 g/mol. The van der Waals surface area contributed by atoms with Crippen molar-refractivity contribution in [3.8, 4) is 5.75 Å². The van der Waals surface area contributed by atoms with E-state index in [-0.39, 0.29) is 0 Å². The Morgan fingerprint density at radius 1 is 1.14 bits per heavy atom. The van der Waals surface area contributed by atoms with E-state index in [4.69, 9.17) is 4.74 Å². The molecule has 1 aliphatic heterocycles. The van der Waals surface area contributed by atoms with Gasteiger partial charge in [-0.15, -0.1) is 0 Å². The van der Waals surface area contributed by atoms with Gasteiger partial charge in [-0.2, -0.15) is 0 Å². The number of hydrogen-bond acceptors (Lipinski definition) is 4. The van der Waals surface area contributed by atoms with Crippen molar-refractivity contribution >= 4 is 33.6 Å². The minimum Gasteiger partial charge on any atom is -0.493 e. The Morgan fingerprint density at radius 3 is 2.81 bits per heavy atom. The molecule has 2 aromatic carbocycles. The second-order valence-corrected chi connectivity index (χ2v) is 7.11. The number of para-hydroxylation sites is 1. The number of hydrogen-bond donors (Lipinski definition) is 0. The molecule has 108 valence electrons. The predicted molar refractivity (Wildman–Crippen MR) is 94.0 cm³/mol. The fourth-order valence-electron chi connectivity index (χ4n) is 2.01. The highest BCUT2D eigenvalue weighted by Crippen LogP contribution is 2.34. The van der Waals surface area contributed by atoms with Crippen LogP contribution in [0.2, 0.25) is 0 Å². The molecule has 0 spiro atoms. The molecule has 2 nitrogen and oxygen atoms in total. The van der Waals surface area contributed by atoms with Crippen LogP contribution in [0.4, 0.5) is 5.69 Å². The fourth-order valence-corrected chi connectivity index (χ4v) is 3.96. The van der Waals surface area contributed by atoms with Crippen molar-refractivity contribution in [1.82, 2.24) is 0 Å². The zero-order valence-electron chi connectivity index (χ0n) is 11.9. The Balaban J connectivity index is 1.48. The van der Waals surface area contributed by atoms with Crippen LogP contribution in [0.3, 0.4) is 0 Å². The number of nitrogens with zero attached hydrogens (tertiary/aromatic N) is 1. The molecule has 0 saturated carbocycles. The molecule has 21 heavy (non-hydrogen) atoms. The van der Waals surface area contributed by atoms with E-state index < -0.39 is 0 Å². The topological polar surface area (TPSA) is 21.6 Å². The normalized spacial score (nSPS) is 13.5. The number of fused-ring (bicyclic) bond motifs is 1. The van der Waals surface area contributed by atoms with Gasteiger partial charge >= 0.3 is 0 Å². The number of aliphatic imine (C=N–C) groups is 1. The summed E-state index contributed by atoms with van der Waals surface area (Å²) in [5.41, 5.74) is 3.68. The van der Waals surface area contributed by atoms with Crippen molar-refractivity contribution in [3.05, 3.63) is 59.7 Å². The number of thioether (sulfide) groups is 2. The predicted octanol–water partition coefficient (Wildman–Crippen LogP) is 5.04. The van der Waals surface area contributed by atoms with Gasteiger partial charge in [0.15, 0.2) is 0 Å². The first-order valence-corrected chi connectivity index (χ1v) is 8.90. The van der Waals surface area contributed by atoms with E-state index in [0.29, 0.717) is 6.61 Å². The van der Waals surface area contributed by atoms with E-state index in [1.807, 2.05) is 30.0 Å². The number of rotatable bonds is 4. The van der Waals surface area contributed by atoms with E-state index in [1.165, 1.54) is 11.1 Å². The van der Waals surface area contributed by atoms with Crippen LogP contribution in [-0.2, 0) is 5.75 Å². The van der Waals surface area contributed by atoms with Crippen molar-refractivity contribution < 1.29 is 4.74 Å². The summed E-state index contributed by atoms with van der Waals surface area (Å²) in [6.07, 6.45) is 0. The molecule has 0 radical (unpaired) electrons. The maximum absolute atomic E-state index is 5.74. The first kappa shape index (κ1) is 14.5. The molecule has 0 aliphatic carbocycles. The van der Waals surface area contributed by atoms with Crippen LogP contribution < -0.4 is 4.74 Å². The Kier molecular flexibility index (Phi) is 4.88. The second kappa shape index (κ2) is 7.05. The van der Waals surface area contributed by atoms with Crippen LogP contribution in [0, 0.1) is 6.92 Å². The van der Waals surface area contributed by atoms with Gasteiger partial charge in [-0.05, 0) is 30.7 Å². The molecule has 0 N–H and O–H groups in total. The molecule has 4 heteroatoms. The number of benzene rings is 2. The van der Waals surface area contributed by atoms with Gasteiger partial charge in [0.2, 0.25) is 0 Å². The number of ether oxygens (including phenoxy) is 1. The molecule has 0 unspecified atom stereocenters. The molecule has 3 rings (SSSR count). The van der Waals surface area contributed by atoms with Gasteiger partial charge in [0.25, 0.3) is 0 Å². The summed E-state index contributed by atoms with van der Waals surface area (Å²) in [4.78, 5) is 4.69. The molecule has 2 aromatic rings. The zero-order chi connectivity index (χ0) is 14.5. The molecular weight excluding hydrogens is 298 g/mol. The van der Waals surface area contributed by atoms with Crippen LogP contribution in [0.15, 0.2) is 53.5 Å². The van der Waals surface area contributed by atoms with Crippen molar-refractivity contribution in [2.75, 3.05) is 12.4 Å². The largest absolute Gasteiger partial charge is 0.493 e. The van der Waals surface area contributed by atoms with E-state index in [9.17, 15) is 0 Å². The SMILES string of the molecule is Cc1ccc(OCCSC2=Nc3ccccc3CS2)cc1. The molecule has 0 amide bonds. The van der Waals surface area contributed by atoms with E-state index in [0.717, 1.165) is 27.3 Å². The van der Waals surface area contributed by atoms with E-state index in [1.54, 1.807) is 11.8 Å². The second-order valence-electron chi connectivity index (χ2n) is 4.81. The van der Waals surface area contributed by atoms with Crippen LogP contribution in [0.5, 0.6) is 5.75 Å². The van der Waals surface area contributed by atoms with Crippen molar-refractivity contribution in [2.24, 2.45) is 4.99 Å². The zero-order valence-corrected chi connectivity index (χ0v) is 13.5. The standard InChI is InChI=1S/C17H17NOS2/c1-13-6-8-15(9-7-13)19-10-11-20-17-18-16-5-3-2-4-14(16)12-21-17/h2-9H,10-12H2,1H3. The summed E-state index contributed by atoms with van der Waals surface area (Å²) in [7, 11) is 0. The first-order valence-electron chi connectivity index (χ1n) is 6.93. The lowest BCUT2D eigenvalue weighted by molar-refractivity contribution is 0.344. The summed E-state index contributed by atoms with van der Waals surface area (Å²) in [5, 5.41) is 0. The van der Waals surface area contributed by atoms with Crippen molar-refractivity contribution in [3.63, 3.8) is 0 Å². The van der Waals surface area contributed by atoms with Crippen LogP contribution in [-0.4, -0.2) is 16.7 Å². The highest BCUT2D eigenvalue weighted by Gasteiger charge is 2.12. The lowest BCUT2D eigenvalue weighted by Gasteiger charge is -2.14. The Hall–Kier alpha value is -1.39. The monoisotopic (exact) mass is 315 g/mol. The summed E-state index contributed by atoms with van der Waals surface area (Å²) >= 11 is 3.58. The Labute approximate surface area is 134 Å². The molecule has 0 saturated heterocycles. The van der Waals surface area contributed by atoms with Gasteiger partial charge in [-0.1, -0.05) is 59.4 Å². The van der Waals surface area contributed by atoms with E-state index in [2.05, 4.69) is 42.2 Å². The highest BCUT2D eigenvalue weighted by molar-refractivity contribution is 8.38. The molecule has 1 aliphatic rings. The molecule has 0 bridgehead atoms. The van der Waals surface area contributed by atoms with E-state index >= 15 is 0 Å². The number of aryl methyl sites for hydroxylation is 1.